The first-order valence-electron chi connectivity index (χ1n) is 7.86. The van der Waals surface area contributed by atoms with E-state index < -0.39 is 5.97 Å². The number of aromatic nitrogens is 2. The Balaban J connectivity index is 1.78. The molecule has 26 heavy (non-hydrogen) atoms. The number of thiophene rings is 1. The molecular weight excluding hydrogens is 370 g/mol. The number of nitrogens with one attached hydrogen (secondary N) is 1. The van der Waals surface area contributed by atoms with E-state index in [1.54, 1.807) is 11.3 Å². The predicted molar refractivity (Wildman–Crippen MR) is 103 cm³/mol. The third-order valence-corrected chi connectivity index (χ3v) is 5.59. The van der Waals surface area contributed by atoms with Gasteiger partial charge in [-0.1, -0.05) is 42.1 Å². The smallest absolute Gasteiger partial charge is 0.325 e. The van der Waals surface area contributed by atoms with Crippen molar-refractivity contribution in [3.63, 3.8) is 0 Å². The summed E-state index contributed by atoms with van der Waals surface area (Å²) in [5.41, 5.74) is 1.12. The number of hydrogen-bond acceptors (Lipinski definition) is 7. The van der Waals surface area contributed by atoms with E-state index >= 15 is 0 Å². The number of nitrogens with zero attached hydrogens (tertiary/aromatic N) is 2. The molecule has 0 atom stereocenters. The number of thioether (sulfide) groups is 1. The molecule has 8 heteroatoms. The SMILES string of the molecule is COC(=O)CNC(=O)CSc1nc(C)nc2sc(-c3ccccc3)cc12. The van der Waals surface area contributed by atoms with Gasteiger partial charge in [0.05, 0.1) is 12.9 Å². The quantitative estimate of drug-likeness (QED) is 0.398. The molecule has 134 valence electrons. The highest BCUT2D eigenvalue weighted by atomic mass is 32.2. The molecule has 0 bridgehead atoms. The van der Waals surface area contributed by atoms with Crippen molar-refractivity contribution in [3.05, 3.63) is 42.2 Å². The zero-order chi connectivity index (χ0) is 18.5. The summed E-state index contributed by atoms with van der Waals surface area (Å²) in [7, 11) is 1.28. The Hall–Kier alpha value is -2.45. The Morgan fingerprint density at radius 2 is 2.00 bits per heavy atom. The lowest BCUT2D eigenvalue weighted by Crippen LogP contribution is -2.31. The summed E-state index contributed by atoms with van der Waals surface area (Å²) >= 11 is 2.94. The maximum atomic E-state index is 11.9. The molecule has 0 aliphatic carbocycles. The van der Waals surface area contributed by atoms with Gasteiger partial charge in [0.1, 0.15) is 22.2 Å². The first kappa shape index (κ1) is 18.3. The van der Waals surface area contributed by atoms with Crippen molar-refractivity contribution in [2.75, 3.05) is 19.4 Å². The molecular formula is C18H17N3O3S2. The molecule has 0 unspecified atom stereocenters. The molecule has 1 amide bonds. The van der Waals surface area contributed by atoms with Gasteiger partial charge in [0.2, 0.25) is 5.91 Å². The molecule has 6 nitrogen and oxygen atoms in total. The van der Waals surface area contributed by atoms with Crippen molar-refractivity contribution >= 4 is 45.2 Å². The fraction of sp³-hybridized carbons (Fsp3) is 0.222. The summed E-state index contributed by atoms with van der Waals surface area (Å²) in [6, 6.07) is 12.1. The maximum Gasteiger partial charge on any atom is 0.325 e. The number of methoxy groups -OCH3 is 1. The van der Waals surface area contributed by atoms with Crippen molar-refractivity contribution in [1.82, 2.24) is 15.3 Å². The number of fused-ring (bicyclic) bond motifs is 1. The fourth-order valence-electron chi connectivity index (χ4n) is 2.28. The van der Waals surface area contributed by atoms with E-state index in [1.807, 2.05) is 25.1 Å². The number of carbonyl (C=O) groups excluding carboxylic acids is 2. The molecule has 2 aromatic heterocycles. The highest BCUT2D eigenvalue weighted by Gasteiger charge is 2.14. The molecule has 0 saturated carbocycles. The zero-order valence-electron chi connectivity index (χ0n) is 14.3. The van der Waals surface area contributed by atoms with Crippen LogP contribution in [0.2, 0.25) is 0 Å². The van der Waals surface area contributed by atoms with Gasteiger partial charge >= 0.3 is 5.97 Å². The highest BCUT2D eigenvalue weighted by molar-refractivity contribution is 8.00. The molecule has 2 heterocycles. The number of carbonyl (C=O) groups is 2. The van der Waals surface area contributed by atoms with Gasteiger partial charge in [-0.3, -0.25) is 9.59 Å². The van der Waals surface area contributed by atoms with Crippen LogP contribution in [-0.4, -0.2) is 41.3 Å². The van der Waals surface area contributed by atoms with Gasteiger partial charge in [-0.05, 0) is 18.6 Å². The summed E-state index contributed by atoms with van der Waals surface area (Å²) < 4.78 is 4.50. The van der Waals surface area contributed by atoms with Gasteiger partial charge in [0, 0.05) is 10.3 Å². The number of amides is 1. The normalized spacial score (nSPS) is 10.7. The maximum absolute atomic E-state index is 11.9. The summed E-state index contributed by atoms with van der Waals surface area (Å²) in [6.07, 6.45) is 0. The number of benzene rings is 1. The topological polar surface area (TPSA) is 81.2 Å². The zero-order valence-corrected chi connectivity index (χ0v) is 15.9. The van der Waals surface area contributed by atoms with E-state index in [-0.39, 0.29) is 18.2 Å². The molecule has 1 aromatic carbocycles. The second kappa shape index (κ2) is 8.29. The van der Waals surface area contributed by atoms with Crippen LogP contribution in [-0.2, 0) is 14.3 Å². The molecule has 0 spiro atoms. The van der Waals surface area contributed by atoms with Crippen LogP contribution in [0, 0.1) is 6.92 Å². The van der Waals surface area contributed by atoms with E-state index in [9.17, 15) is 9.59 Å². The van der Waals surface area contributed by atoms with Crippen LogP contribution >= 0.6 is 23.1 Å². The minimum atomic E-state index is -0.478. The summed E-state index contributed by atoms with van der Waals surface area (Å²) in [5, 5.41) is 4.22. The van der Waals surface area contributed by atoms with Gasteiger partial charge < -0.3 is 10.1 Å². The molecule has 0 radical (unpaired) electrons. The van der Waals surface area contributed by atoms with Crippen molar-refractivity contribution in [2.45, 2.75) is 11.9 Å². The second-order valence-corrected chi connectivity index (χ2v) is 7.41. The Morgan fingerprint density at radius 1 is 1.23 bits per heavy atom. The molecule has 3 rings (SSSR count). The summed E-state index contributed by atoms with van der Waals surface area (Å²) in [4.78, 5) is 34.0. The standard InChI is InChI=1S/C18H17N3O3S2/c1-11-20-17(25-10-15(22)19-9-16(23)24-2)13-8-14(26-18(13)21-11)12-6-4-3-5-7-12/h3-8H,9-10H2,1-2H3,(H,19,22). The van der Waals surface area contributed by atoms with Gasteiger partial charge in [0.25, 0.3) is 0 Å². The average Bonchev–Trinajstić information content (AvgIpc) is 3.08. The van der Waals surface area contributed by atoms with Gasteiger partial charge in [-0.15, -0.1) is 11.3 Å². The minimum absolute atomic E-state index is 0.134. The lowest BCUT2D eigenvalue weighted by atomic mass is 10.2. The Kier molecular flexibility index (Phi) is 5.85. The third-order valence-electron chi connectivity index (χ3n) is 3.53. The lowest BCUT2D eigenvalue weighted by molar-refractivity contribution is -0.140. The molecule has 0 aliphatic heterocycles. The van der Waals surface area contributed by atoms with Crippen LogP contribution in [0.4, 0.5) is 0 Å². The molecule has 0 fully saturated rings. The van der Waals surface area contributed by atoms with Crippen molar-refractivity contribution in [1.29, 1.82) is 0 Å². The van der Waals surface area contributed by atoms with Crippen LogP contribution in [0.5, 0.6) is 0 Å². The second-order valence-electron chi connectivity index (χ2n) is 5.41. The van der Waals surface area contributed by atoms with E-state index in [4.69, 9.17) is 0 Å². The molecule has 3 aromatic rings. The first-order chi connectivity index (χ1) is 12.6. The van der Waals surface area contributed by atoms with E-state index in [0.29, 0.717) is 5.82 Å². The van der Waals surface area contributed by atoms with E-state index in [2.05, 4.69) is 38.2 Å². The predicted octanol–water partition coefficient (Wildman–Crippen LogP) is 3.05. The Morgan fingerprint density at radius 3 is 2.73 bits per heavy atom. The number of esters is 1. The Bertz CT molecular complexity index is 942. The molecule has 0 saturated heterocycles. The van der Waals surface area contributed by atoms with Crippen LogP contribution < -0.4 is 5.32 Å². The average molecular weight is 387 g/mol. The third kappa shape index (κ3) is 4.39. The van der Waals surface area contributed by atoms with Crippen molar-refractivity contribution in [2.24, 2.45) is 0 Å². The van der Waals surface area contributed by atoms with E-state index in [0.717, 1.165) is 25.7 Å². The monoisotopic (exact) mass is 387 g/mol. The minimum Gasteiger partial charge on any atom is -0.468 e. The van der Waals surface area contributed by atoms with Crippen molar-refractivity contribution < 1.29 is 14.3 Å². The fourth-order valence-corrected chi connectivity index (χ4v) is 4.30. The van der Waals surface area contributed by atoms with Crippen LogP contribution in [0.3, 0.4) is 0 Å². The van der Waals surface area contributed by atoms with Gasteiger partial charge in [-0.25, -0.2) is 9.97 Å². The number of aryl methyl sites for hydroxylation is 1. The largest absolute Gasteiger partial charge is 0.468 e. The van der Waals surface area contributed by atoms with Gasteiger partial charge in [0.15, 0.2) is 0 Å². The molecule has 1 N–H and O–H groups in total. The molecule has 0 aliphatic rings. The first-order valence-corrected chi connectivity index (χ1v) is 9.67. The Labute approximate surface area is 159 Å². The number of rotatable bonds is 6. The summed E-state index contributed by atoms with van der Waals surface area (Å²) in [5.74, 6) is 0.104. The lowest BCUT2D eigenvalue weighted by Gasteiger charge is -2.05. The highest BCUT2D eigenvalue weighted by Crippen LogP contribution is 2.36. The van der Waals surface area contributed by atoms with Crippen LogP contribution in [0.1, 0.15) is 5.82 Å². The van der Waals surface area contributed by atoms with Gasteiger partial charge in [-0.2, -0.15) is 0 Å². The van der Waals surface area contributed by atoms with Crippen molar-refractivity contribution in [3.8, 4) is 10.4 Å². The number of hydrogen-bond donors (Lipinski definition) is 1. The van der Waals surface area contributed by atoms with E-state index in [1.165, 1.54) is 18.9 Å². The number of ether oxygens (including phenoxy) is 1. The van der Waals surface area contributed by atoms with Crippen LogP contribution in [0.15, 0.2) is 41.4 Å². The summed E-state index contributed by atoms with van der Waals surface area (Å²) in [6.45, 7) is 1.70. The van der Waals surface area contributed by atoms with Crippen LogP contribution in [0.25, 0.3) is 20.7 Å².